The standard InChI is InChI=1S/C14H23N3O3/c1-11(8-17-7-6-15-10-17)16-9-14(20)4-2-12(3-5-14)13(18)19/h6-7,10-12,16,20H,2-5,8-9H2,1H3,(H,18,19). The van der Waals surface area contributed by atoms with Crippen LogP contribution >= 0.6 is 0 Å². The van der Waals surface area contributed by atoms with Crippen molar-refractivity contribution in [2.24, 2.45) is 5.92 Å². The number of carboxylic acids is 1. The van der Waals surface area contributed by atoms with Crippen LogP contribution in [-0.4, -0.2) is 43.9 Å². The molecule has 0 spiro atoms. The highest BCUT2D eigenvalue weighted by Gasteiger charge is 2.35. The second-order valence-electron chi connectivity index (χ2n) is 5.88. The van der Waals surface area contributed by atoms with E-state index in [9.17, 15) is 9.90 Å². The molecule has 0 bridgehead atoms. The molecule has 1 aliphatic rings. The van der Waals surface area contributed by atoms with Gasteiger partial charge >= 0.3 is 5.97 Å². The largest absolute Gasteiger partial charge is 0.481 e. The van der Waals surface area contributed by atoms with Crippen LogP contribution in [0.2, 0.25) is 0 Å². The van der Waals surface area contributed by atoms with E-state index in [0.29, 0.717) is 32.2 Å². The van der Waals surface area contributed by atoms with Gasteiger partial charge in [-0.25, -0.2) is 4.98 Å². The van der Waals surface area contributed by atoms with Gasteiger partial charge in [-0.3, -0.25) is 4.79 Å². The third-order valence-electron chi connectivity index (χ3n) is 4.09. The molecule has 6 nitrogen and oxygen atoms in total. The maximum Gasteiger partial charge on any atom is 0.306 e. The van der Waals surface area contributed by atoms with Gasteiger partial charge in [0.2, 0.25) is 0 Å². The third kappa shape index (κ3) is 4.05. The molecule has 1 aromatic rings. The molecule has 20 heavy (non-hydrogen) atoms. The van der Waals surface area contributed by atoms with Crippen molar-refractivity contribution in [3.05, 3.63) is 18.7 Å². The highest BCUT2D eigenvalue weighted by molar-refractivity contribution is 5.70. The molecule has 3 N–H and O–H groups in total. The molecule has 1 unspecified atom stereocenters. The van der Waals surface area contributed by atoms with Crippen molar-refractivity contribution in [2.75, 3.05) is 6.54 Å². The number of aliphatic carboxylic acids is 1. The Morgan fingerprint density at radius 1 is 1.55 bits per heavy atom. The first-order chi connectivity index (χ1) is 9.48. The van der Waals surface area contributed by atoms with E-state index in [1.54, 1.807) is 12.5 Å². The molecule has 112 valence electrons. The number of nitrogens with zero attached hydrogens (tertiary/aromatic N) is 2. The summed E-state index contributed by atoms with van der Waals surface area (Å²) in [7, 11) is 0. The number of carboxylic acid groups (broad SMARTS) is 1. The lowest BCUT2D eigenvalue weighted by Crippen LogP contribution is -2.47. The summed E-state index contributed by atoms with van der Waals surface area (Å²) in [6, 6.07) is 0.227. The van der Waals surface area contributed by atoms with Crippen molar-refractivity contribution >= 4 is 5.97 Å². The minimum Gasteiger partial charge on any atom is -0.481 e. The molecule has 1 atom stereocenters. The molecule has 0 saturated heterocycles. The zero-order valence-electron chi connectivity index (χ0n) is 11.8. The molecule has 1 fully saturated rings. The molecular weight excluding hydrogens is 258 g/mol. The Morgan fingerprint density at radius 2 is 2.25 bits per heavy atom. The fourth-order valence-electron chi connectivity index (χ4n) is 2.72. The Kier molecular flexibility index (Phi) is 4.77. The molecule has 1 saturated carbocycles. The highest BCUT2D eigenvalue weighted by atomic mass is 16.4. The SMILES string of the molecule is CC(Cn1ccnc1)NCC1(O)CCC(C(=O)O)CC1. The fraction of sp³-hybridized carbons (Fsp3) is 0.714. The van der Waals surface area contributed by atoms with E-state index >= 15 is 0 Å². The molecular formula is C14H23N3O3. The first-order valence-corrected chi connectivity index (χ1v) is 7.13. The van der Waals surface area contributed by atoms with Crippen LogP contribution in [0.15, 0.2) is 18.7 Å². The van der Waals surface area contributed by atoms with Crippen LogP contribution in [-0.2, 0) is 11.3 Å². The summed E-state index contributed by atoms with van der Waals surface area (Å²) >= 11 is 0. The van der Waals surface area contributed by atoms with Crippen molar-refractivity contribution in [3.8, 4) is 0 Å². The van der Waals surface area contributed by atoms with Crippen LogP contribution in [0.4, 0.5) is 0 Å². The van der Waals surface area contributed by atoms with Crippen molar-refractivity contribution in [2.45, 2.75) is 50.8 Å². The van der Waals surface area contributed by atoms with Crippen LogP contribution in [0.1, 0.15) is 32.6 Å². The molecule has 1 aliphatic carbocycles. The van der Waals surface area contributed by atoms with E-state index in [1.807, 2.05) is 10.8 Å². The zero-order chi connectivity index (χ0) is 14.6. The first-order valence-electron chi connectivity index (χ1n) is 7.13. The summed E-state index contributed by atoms with van der Waals surface area (Å²) in [5, 5.41) is 22.8. The van der Waals surface area contributed by atoms with Gasteiger partial charge in [-0.05, 0) is 32.6 Å². The molecule has 1 heterocycles. The Hall–Kier alpha value is -1.40. The number of hydrogen-bond donors (Lipinski definition) is 3. The lowest BCUT2D eigenvalue weighted by molar-refractivity contribution is -0.144. The van der Waals surface area contributed by atoms with Gasteiger partial charge in [0, 0.05) is 31.5 Å². The van der Waals surface area contributed by atoms with Crippen LogP contribution in [0, 0.1) is 5.92 Å². The minimum absolute atomic E-state index is 0.227. The molecule has 0 radical (unpaired) electrons. The maximum atomic E-state index is 10.9. The highest BCUT2D eigenvalue weighted by Crippen LogP contribution is 2.31. The number of aromatic nitrogens is 2. The van der Waals surface area contributed by atoms with E-state index in [-0.39, 0.29) is 12.0 Å². The van der Waals surface area contributed by atoms with Crippen molar-refractivity contribution in [3.63, 3.8) is 0 Å². The van der Waals surface area contributed by atoms with Gasteiger partial charge in [0.05, 0.1) is 17.8 Å². The normalized spacial score (nSPS) is 28.2. The lowest BCUT2D eigenvalue weighted by atomic mass is 9.78. The molecule has 0 aliphatic heterocycles. The zero-order valence-corrected chi connectivity index (χ0v) is 11.8. The van der Waals surface area contributed by atoms with E-state index < -0.39 is 11.6 Å². The molecule has 0 aromatic carbocycles. The molecule has 2 rings (SSSR count). The van der Waals surface area contributed by atoms with Crippen LogP contribution in [0.3, 0.4) is 0 Å². The minimum atomic E-state index is -0.769. The monoisotopic (exact) mass is 281 g/mol. The van der Waals surface area contributed by atoms with E-state index in [1.165, 1.54) is 0 Å². The number of hydrogen-bond acceptors (Lipinski definition) is 4. The number of rotatable bonds is 6. The van der Waals surface area contributed by atoms with Crippen molar-refractivity contribution in [1.29, 1.82) is 0 Å². The van der Waals surface area contributed by atoms with E-state index in [0.717, 1.165) is 6.54 Å². The number of aliphatic hydroxyl groups is 1. The Balaban J connectivity index is 1.74. The predicted molar refractivity (Wildman–Crippen MR) is 74.2 cm³/mol. The summed E-state index contributed by atoms with van der Waals surface area (Å²) in [6.07, 6.45) is 7.64. The van der Waals surface area contributed by atoms with Gasteiger partial charge in [0.25, 0.3) is 0 Å². The second-order valence-corrected chi connectivity index (χ2v) is 5.88. The van der Waals surface area contributed by atoms with E-state index in [2.05, 4.69) is 17.2 Å². The van der Waals surface area contributed by atoms with Crippen LogP contribution < -0.4 is 5.32 Å². The Bertz CT molecular complexity index is 425. The summed E-state index contributed by atoms with van der Waals surface area (Å²) in [5.74, 6) is -1.04. The topological polar surface area (TPSA) is 87.4 Å². The Morgan fingerprint density at radius 3 is 2.80 bits per heavy atom. The summed E-state index contributed by atoms with van der Waals surface area (Å²) < 4.78 is 1.99. The molecule has 0 amide bonds. The number of imidazole rings is 1. The van der Waals surface area contributed by atoms with Gasteiger partial charge in [0.1, 0.15) is 0 Å². The number of carbonyl (C=O) groups is 1. The van der Waals surface area contributed by atoms with Gasteiger partial charge in [-0.15, -0.1) is 0 Å². The van der Waals surface area contributed by atoms with E-state index in [4.69, 9.17) is 5.11 Å². The average molecular weight is 281 g/mol. The van der Waals surface area contributed by atoms with Gasteiger partial charge in [0.15, 0.2) is 0 Å². The molecule has 6 heteroatoms. The Labute approximate surface area is 118 Å². The smallest absolute Gasteiger partial charge is 0.306 e. The van der Waals surface area contributed by atoms with Crippen molar-refractivity contribution in [1.82, 2.24) is 14.9 Å². The quantitative estimate of drug-likeness (QED) is 0.720. The third-order valence-corrected chi connectivity index (χ3v) is 4.09. The van der Waals surface area contributed by atoms with Crippen molar-refractivity contribution < 1.29 is 15.0 Å². The fourth-order valence-corrected chi connectivity index (χ4v) is 2.72. The first kappa shape index (κ1) is 15.0. The van der Waals surface area contributed by atoms with Gasteiger partial charge in [-0.1, -0.05) is 0 Å². The number of nitrogens with one attached hydrogen (secondary N) is 1. The van der Waals surface area contributed by atoms with Crippen LogP contribution in [0.25, 0.3) is 0 Å². The summed E-state index contributed by atoms with van der Waals surface area (Å²) in [6.45, 7) is 3.37. The van der Waals surface area contributed by atoms with Gasteiger partial charge in [-0.2, -0.15) is 0 Å². The maximum absolute atomic E-state index is 10.9. The molecule has 1 aromatic heterocycles. The lowest BCUT2D eigenvalue weighted by Gasteiger charge is -2.35. The van der Waals surface area contributed by atoms with Gasteiger partial charge < -0.3 is 20.1 Å². The second kappa shape index (κ2) is 6.37. The summed E-state index contributed by atoms with van der Waals surface area (Å²) in [4.78, 5) is 14.9. The average Bonchev–Trinajstić information content (AvgIpc) is 2.90. The predicted octanol–water partition coefficient (Wildman–Crippen LogP) is 0.867. The summed E-state index contributed by atoms with van der Waals surface area (Å²) in [5.41, 5.74) is -0.769. The van der Waals surface area contributed by atoms with Crippen LogP contribution in [0.5, 0.6) is 0 Å².